The molecule has 0 saturated carbocycles. The Morgan fingerprint density at radius 1 is 1.18 bits per heavy atom. The Hall–Kier alpha value is -1.94. The second kappa shape index (κ2) is 4.93. The first-order chi connectivity index (χ1) is 8.19. The molecule has 4 heteroatoms. The third-order valence-corrected chi connectivity index (χ3v) is 2.43. The number of aryl methyl sites for hydroxylation is 1. The highest BCUT2D eigenvalue weighted by Gasteiger charge is 2.02. The summed E-state index contributed by atoms with van der Waals surface area (Å²) in [6, 6.07) is 9.43. The summed E-state index contributed by atoms with van der Waals surface area (Å²) in [5.41, 5.74) is 7.37. The Bertz CT molecular complexity index is 511. The topological polar surface area (TPSA) is 48.1 Å². The number of pyridine rings is 1. The highest BCUT2D eigenvalue weighted by Crippen LogP contribution is 2.20. The Morgan fingerprint density at radius 2 is 1.88 bits per heavy atom. The SMILES string of the molecule is Cc1nc(Oc2ccc(F)cc2)ccc1CN. The highest BCUT2D eigenvalue weighted by atomic mass is 19.1. The molecule has 0 amide bonds. The quantitative estimate of drug-likeness (QED) is 0.885. The molecule has 0 bridgehead atoms. The van der Waals surface area contributed by atoms with Crippen LogP contribution < -0.4 is 10.5 Å². The van der Waals surface area contributed by atoms with Crippen molar-refractivity contribution >= 4 is 0 Å². The number of halogens is 1. The van der Waals surface area contributed by atoms with Gasteiger partial charge in [0, 0.05) is 18.3 Å². The number of ether oxygens (including phenoxy) is 1. The van der Waals surface area contributed by atoms with Gasteiger partial charge in [0.05, 0.1) is 0 Å². The van der Waals surface area contributed by atoms with Crippen molar-refractivity contribution in [1.82, 2.24) is 4.98 Å². The van der Waals surface area contributed by atoms with Crippen LogP contribution in [0.4, 0.5) is 4.39 Å². The van der Waals surface area contributed by atoms with Crippen molar-refractivity contribution in [2.75, 3.05) is 0 Å². The average molecular weight is 232 g/mol. The molecule has 0 aliphatic carbocycles. The predicted octanol–water partition coefficient (Wildman–Crippen LogP) is 2.78. The number of nitrogens with zero attached hydrogens (tertiary/aromatic N) is 1. The maximum absolute atomic E-state index is 12.7. The van der Waals surface area contributed by atoms with Crippen LogP contribution in [-0.2, 0) is 6.54 Å². The molecule has 0 fully saturated rings. The normalized spacial score (nSPS) is 10.3. The van der Waals surface area contributed by atoms with Gasteiger partial charge >= 0.3 is 0 Å². The lowest BCUT2D eigenvalue weighted by atomic mass is 10.2. The molecule has 0 spiro atoms. The van der Waals surface area contributed by atoms with Crippen LogP contribution in [0.25, 0.3) is 0 Å². The van der Waals surface area contributed by atoms with Gasteiger partial charge in [0.25, 0.3) is 0 Å². The number of benzene rings is 1. The van der Waals surface area contributed by atoms with E-state index in [1.54, 1.807) is 18.2 Å². The van der Waals surface area contributed by atoms with Crippen LogP contribution >= 0.6 is 0 Å². The van der Waals surface area contributed by atoms with Gasteiger partial charge in [-0.05, 0) is 36.8 Å². The fraction of sp³-hybridized carbons (Fsp3) is 0.154. The standard InChI is InChI=1S/C13H13FN2O/c1-9-10(8-15)2-7-13(16-9)17-12-5-3-11(14)4-6-12/h2-7H,8,15H2,1H3. The van der Waals surface area contributed by atoms with Gasteiger partial charge in [-0.3, -0.25) is 0 Å². The minimum Gasteiger partial charge on any atom is -0.439 e. The molecule has 0 unspecified atom stereocenters. The third-order valence-electron chi connectivity index (χ3n) is 2.43. The molecule has 3 nitrogen and oxygen atoms in total. The molecule has 0 aliphatic rings. The highest BCUT2D eigenvalue weighted by molar-refractivity contribution is 5.30. The molecule has 0 atom stereocenters. The number of hydrogen-bond donors (Lipinski definition) is 1. The Labute approximate surface area is 99.1 Å². The number of hydrogen-bond acceptors (Lipinski definition) is 3. The van der Waals surface area contributed by atoms with Gasteiger partial charge in [-0.15, -0.1) is 0 Å². The second-order valence-electron chi connectivity index (χ2n) is 3.65. The smallest absolute Gasteiger partial charge is 0.219 e. The summed E-state index contributed by atoms with van der Waals surface area (Å²) in [5, 5.41) is 0. The van der Waals surface area contributed by atoms with Crippen LogP contribution in [-0.4, -0.2) is 4.98 Å². The van der Waals surface area contributed by atoms with E-state index in [-0.39, 0.29) is 5.82 Å². The van der Waals surface area contributed by atoms with Crippen LogP contribution in [0.3, 0.4) is 0 Å². The molecule has 0 radical (unpaired) electrons. The fourth-order valence-electron chi connectivity index (χ4n) is 1.46. The summed E-state index contributed by atoms with van der Waals surface area (Å²) in [5.74, 6) is 0.741. The van der Waals surface area contributed by atoms with Crippen molar-refractivity contribution in [1.29, 1.82) is 0 Å². The van der Waals surface area contributed by atoms with Crippen molar-refractivity contribution in [3.05, 3.63) is 53.5 Å². The first-order valence-electron chi connectivity index (χ1n) is 5.29. The lowest BCUT2D eigenvalue weighted by Crippen LogP contribution is -2.01. The summed E-state index contributed by atoms with van der Waals surface area (Å²) in [4.78, 5) is 4.27. The number of aromatic nitrogens is 1. The minimum atomic E-state index is -0.292. The summed E-state index contributed by atoms with van der Waals surface area (Å²) >= 11 is 0. The molecule has 1 aromatic carbocycles. The lowest BCUT2D eigenvalue weighted by Gasteiger charge is -2.07. The van der Waals surface area contributed by atoms with Crippen molar-refractivity contribution in [3.8, 4) is 11.6 Å². The molecular weight excluding hydrogens is 219 g/mol. The fourth-order valence-corrected chi connectivity index (χ4v) is 1.46. The van der Waals surface area contributed by atoms with Crippen molar-refractivity contribution in [2.45, 2.75) is 13.5 Å². The van der Waals surface area contributed by atoms with Crippen LogP contribution in [0.1, 0.15) is 11.3 Å². The summed E-state index contributed by atoms with van der Waals surface area (Å²) in [6.45, 7) is 2.33. The average Bonchev–Trinajstić information content (AvgIpc) is 2.32. The number of rotatable bonds is 3. The van der Waals surface area contributed by atoms with Crippen LogP contribution in [0.2, 0.25) is 0 Å². The van der Waals surface area contributed by atoms with E-state index in [0.717, 1.165) is 11.3 Å². The van der Waals surface area contributed by atoms with E-state index < -0.39 is 0 Å². The van der Waals surface area contributed by atoms with Crippen LogP contribution in [0.15, 0.2) is 36.4 Å². The lowest BCUT2D eigenvalue weighted by molar-refractivity contribution is 0.459. The van der Waals surface area contributed by atoms with E-state index in [9.17, 15) is 4.39 Å². The van der Waals surface area contributed by atoms with Crippen molar-refractivity contribution in [3.63, 3.8) is 0 Å². The largest absolute Gasteiger partial charge is 0.439 e. The van der Waals surface area contributed by atoms with E-state index in [4.69, 9.17) is 10.5 Å². The first-order valence-corrected chi connectivity index (χ1v) is 5.29. The van der Waals surface area contributed by atoms with E-state index in [2.05, 4.69) is 4.98 Å². The Kier molecular flexibility index (Phi) is 3.35. The van der Waals surface area contributed by atoms with Gasteiger partial charge < -0.3 is 10.5 Å². The number of nitrogens with two attached hydrogens (primary N) is 1. The molecule has 2 N–H and O–H groups in total. The molecule has 17 heavy (non-hydrogen) atoms. The summed E-state index contributed by atoms with van der Waals surface area (Å²) < 4.78 is 18.2. The summed E-state index contributed by atoms with van der Waals surface area (Å²) in [6.07, 6.45) is 0. The molecule has 1 heterocycles. The Balaban J connectivity index is 2.19. The minimum absolute atomic E-state index is 0.292. The molecule has 2 aromatic rings. The second-order valence-corrected chi connectivity index (χ2v) is 3.65. The molecular formula is C13H13FN2O. The van der Waals surface area contributed by atoms with Gasteiger partial charge in [0.1, 0.15) is 11.6 Å². The zero-order chi connectivity index (χ0) is 12.3. The maximum atomic E-state index is 12.7. The van der Waals surface area contributed by atoms with Crippen LogP contribution in [0, 0.1) is 12.7 Å². The van der Waals surface area contributed by atoms with Gasteiger partial charge in [0.2, 0.25) is 5.88 Å². The molecule has 88 valence electrons. The van der Waals surface area contributed by atoms with Crippen LogP contribution in [0.5, 0.6) is 11.6 Å². The van der Waals surface area contributed by atoms with Crippen molar-refractivity contribution in [2.24, 2.45) is 5.73 Å². The summed E-state index contributed by atoms with van der Waals surface area (Å²) in [7, 11) is 0. The maximum Gasteiger partial charge on any atom is 0.219 e. The van der Waals surface area contributed by atoms with E-state index in [0.29, 0.717) is 18.2 Å². The molecule has 2 rings (SSSR count). The zero-order valence-electron chi connectivity index (χ0n) is 9.48. The first kappa shape index (κ1) is 11.5. The molecule has 0 saturated heterocycles. The van der Waals surface area contributed by atoms with E-state index in [1.165, 1.54) is 12.1 Å². The molecule has 1 aromatic heterocycles. The predicted molar refractivity (Wildman–Crippen MR) is 63.3 cm³/mol. The van der Waals surface area contributed by atoms with E-state index >= 15 is 0 Å². The Morgan fingerprint density at radius 3 is 2.47 bits per heavy atom. The zero-order valence-corrected chi connectivity index (χ0v) is 9.48. The van der Waals surface area contributed by atoms with Gasteiger partial charge in [-0.25, -0.2) is 9.37 Å². The van der Waals surface area contributed by atoms with Gasteiger partial charge in [-0.1, -0.05) is 6.07 Å². The monoisotopic (exact) mass is 232 g/mol. The molecule has 0 aliphatic heterocycles. The van der Waals surface area contributed by atoms with Crippen molar-refractivity contribution < 1.29 is 9.13 Å². The van der Waals surface area contributed by atoms with E-state index in [1.807, 2.05) is 13.0 Å². The van der Waals surface area contributed by atoms with Gasteiger partial charge in [0.15, 0.2) is 0 Å². The van der Waals surface area contributed by atoms with Gasteiger partial charge in [-0.2, -0.15) is 0 Å². The third kappa shape index (κ3) is 2.79.